The summed E-state index contributed by atoms with van der Waals surface area (Å²) in [6, 6.07) is 2.63. The number of anilines is 1. The molecule has 15 heavy (non-hydrogen) atoms. The standard InChI is InChI=1S/C12H19N3/c1-8-4-5-11(6-8)15-12-7-9(2)13-10(3)14-12/h7-8,11H,4-6H2,1-3H3,(H,13,14,15). The molecule has 1 fully saturated rings. The van der Waals surface area contributed by atoms with Gasteiger partial charge in [-0.05, 0) is 39.0 Å². The number of hydrogen-bond donors (Lipinski definition) is 1. The first-order valence-electron chi connectivity index (χ1n) is 5.72. The molecule has 82 valence electrons. The fourth-order valence-electron chi connectivity index (χ4n) is 2.34. The minimum Gasteiger partial charge on any atom is -0.367 e. The van der Waals surface area contributed by atoms with Gasteiger partial charge in [0.2, 0.25) is 0 Å². The van der Waals surface area contributed by atoms with Crippen molar-refractivity contribution in [3.8, 4) is 0 Å². The van der Waals surface area contributed by atoms with Crippen molar-refractivity contribution in [2.45, 2.75) is 46.1 Å². The van der Waals surface area contributed by atoms with Gasteiger partial charge in [-0.1, -0.05) is 6.92 Å². The average molecular weight is 205 g/mol. The number of nitrogens with zero attached hydrogens (tertiary/aromatic N) is 2. The van der Waals surface area contributed by atoms with Gasteiger partial charge < -0.3 is 5.32 Å². The van der Waals surface area contributed by atoms with Crippen LogP contribution in [0.15, 0.2) is 6.07 Å². The maximum absolute atomic E-state index is 4.40. The Balaban J connectivity index is 2.04. The van der Waals surface area contributed by atoms with Crippen LogP contribution in [0.4, 0.5) is 5.82 Å². The topological polar surface area (TPSA) is 37.8 Å². The maximum atomic E-state index is 4.40. The predicted molar refractivity (Wildman–Crippen MR) is 61.9 cm³/mol. The normalized spacial score (nSPS) is 25.5. The Kier molecular flexibility index (Phi) is 2.89. The van der Waals surface area contributed by atoms with Crippen molar-refractivity contribution in [2.75, 3.05) is 5.32 Å². The maximum Gasteiger partial charge on any atom is 0.130 e. The summed E-state index contributed by atoms with van der Waals surface area (Å²) in [5.41, 5.74) is 1.04. The fourth-order valence-corrected chi connectivity index (χ4v) is 2.34. The largest absolute Gasteiger partial charge is 0.367 e. The van der Waals surface area contributed by atoms with Crippen LogP contribution in [0.25, 0.3) is 0 Å². The van der Waals surface area contributed by atoms with E-state index in [0.717, 1.165) is 23.3 Å². The minimum absolute atomic E-state index is 0.605. The zero-order valence-electron chi connectivity index (χ0n) is 9.75. The Hall–Kier alpha value is -1.12. The Morgan fingerprint density at radius 1 is 1.27 bits per heavy atom. The van der Waals surface area contributed by atoms with Crippen molar-refractivity contribution in [3.63, 3.8) is 0 Å². The molecule has 1 saturated carbocycles. The lowest BCUT2D eigenvalue weighted by Gasteiger charge is -2.13. The van der Waals surface area contributed by atoms with Gasteiger partial charge in [-0.3, -0.25) is 0 Å². The molecule has 1 N–H and O–H groups in total. The Labute approximate surface area is 91.3 Å². The molecule has 2 atom stereocenters. The summed E-state index contributed by atoms with van der Waals surface area (Å²) < 4.78 is 0. The first kappa shape index (κ1) is 10.4. The quantitative estimate of drug-likeness (QED) is 0.806. The highest BCUT2D eigenvalue weighted by molar-refractivity contribution is 5.37. The highest BCUT2D eigenvalue weighted by Gasteiger charge is 2.21. The lowest BCUT2D eigenvalue weighted by molar-refractivity contribution is 0.602. The molecule has 1 heterocycles. The lowest BCUT2D eigenvalue weighted by atomic mass is 10.1. The van der Waals surface area contributed by atoms with Gasteiger partial charge in [0.25, 0.3) is 0 Å². The number of nitrogens with one attached hydrogen (secondary N) is 1. The lowest BCUT2D eigenvalue weighted by Crippen LogP contribution is -2.16. The first-order valence-corrected chi connectivity index (χ1v) is 5.72. The van der Waals surface area contributed by atoms with E-state index in [4.69, 9.17) is 0 Å². The van der Waals surface area contributed by atoms with Crippen LogP contribution in [0.3, 0.4) is 0 Å². The average Bonchev–Trinajstić information content (AvgIpc) is 2.49. The zero-order valence-corrected chi connectivity index (χ0v) is 9.75. The molecule has 2 rings (SSSR count). The molecule has 3 heteroatoms. The molecule has 1 aromatic heterocycles. The van der Waals surface area contributed by atoms with Crippen molar-refractivity contribution < 1.29 is 0 Å². The van der Waals surface area contributed by atoms with E-state index in [0.29, 0.717) is 6.04 Å². The van der Waals surface area contributed by atoms with Crippen LogP contribution in [0, 0.1) is 19.8 Å². The molecule has 3 nitrogen and oxygen atoms in total. The summed E-state index contributed by atoms with van der Waals surface area (Å²) in [4.78, 5) is 8.67. The molecule has 0 bridgehead atoms. The second-order valence-electron chi connectivity index (χ2n) is 4.70. The summed E-state index contributed by atoms with van der Waals surface area (Å²) in [5, 5.41) is 3.50. The van der Waals surface area contributed by atoms with Crippen LogP contribution in [-0.2, 0) is 0 Å². The van der Waals surface area contributed by atoms with E-state index in [1.807, 2.05) is 19.9 Å². The van der Waals surface area contributed by atoms with Gasteiger partial charge in [-0.15, -0.1) is 0 Å². The van der Waals surface area contributed by atoms with Gasteiger partial charge in [0.1, 0.15) is 11.6 Å². The molecule has 0 spiro atoms. The molecular formula is C12H19N3. The smallest absolute Gasteiger partial charge is 0.130 e. The molecule has 0 saturated heterocycles. The Bertz CT molecular complexity index is 328. The minimum atomic E-state index is 0.605. The van der Waals surface area contributed by atoms with Crippen LogP contribution in [0.2, 0.25) is 0 Å². The SMILES string of the molecule is Cc1cc(NC2CCC(C)C2)nc(C)n1. The molecule has 2 unspecified atom stereocenters. The van der Waals surface area contributed by atoms with Crippen molar-refractivity contribution in [2.24, 2.45) is 5.92 Å². The molecule has 0 radical (unpaired) electrons. The third-order valence-electron chi connectivity index (χ3n) is 3.01. The van der Waals surface area contributed by atoms with E-state index in [-0.39, 0.29) is 0 Å². The molecule has 0 amide bonds. The highest BCUT2D eigenvalue weighted by Crippen LogP contribution is 2.26. The van der Waals surface area contributed by atoms with Crippen LogP contribution in [0.5, 0.6) is 0 Å². The Morgan fingerprint density at radius 3 is 2.67 bits per heavy atom. The van der Waals surface area contributed by atoms with E-state index < -0.39 is 0 Å². The Morgan fingerprint density at radius 2 is 2.07 bits per heavy atom. The van der Waals surface area contributed by atoms with Gasteiger partial charge in [0, 0.05) is 17.8 Å². The van der Waals surface area contributed by atoms with Gasteiger partial charge in [0.05, 0.1) is 0 Å². The van der Waals surface area contributed by atoms with Crippen LogP contribution in [0.1, 0.15) is 37.7 Å². The first-order chi connectivity index (χ1) is 7.13. The number of aryl methyl sites for hydroxylation is 2. The third kappa shape index (κ3) is 2.67. The molecule has 1 aliphatic carbocycles. The second kappa shape index (κ2) is 4.17. The summed E-state index contributed by atoms with van der Waals surface area (Å²) in [6.07, 6.45) is 3.87. The molecular weight excluding hydrogens is 186 g/mol. The highest BCUT2D eigenvalue weighted by atomic mass is 15.0. The van der Waals surface area contributed by atoms with E-state index >= 15 is 0 Å². The fraction of sp³-hybridized carbons (Fsp3) is 0.667. The molecule has 0 aliphatic heterocycles. The molecule has 1 aliphatic rings. The van der Waals surface area contributed by atoms with E-state index in [1.54, 1.807) is 0 Å². The molecule has 0 aromatic carbocycles. The van der Waals surface area contributed by atoms with Gasteiger partial charge >= 0.3 is 0 Å². The van der Waals surface area contributed by atoms with Gasteiger partial charge in [0.15, 0.2) is 0 Å². The van der Waals surface area contributed by atoms with Crippen LogP contribution < -0.4 is 5.32 Å². The van der Waals surface area contributed by atoms with Crippen molar-refractivity contribution >= 4 is 5.82 Å². The van der Waals surface area contributed by atoms with E-state index in [1.165, 1.54) is 19.3 Å². The third-order valence-corrected chi connectivity index (χ3v) is 3.01. The molecule has 1 aromatic rings. The van der Waals surface area contributed by atoms with Crippen LogP contribution >= 0.6 is 0 Å². The summed E-state index contributed by atoms with van der Waals surface area (Å²) in [5.74, 6) is 2.69. The van der Waals surface area contributed by atoms with E-state index in [9.17, 15) is 0 Å². The number of hydrogen-bond acceptors (Lipinski definition) is 3. The van der Waals surface area contributed by atoms with Gasteiger partial charge in [-0.2, -0.15) is 0 Å². The summed E-state index contributed by atoms with van der Waals surface area (Å²) in [6.45, 7) is 6.27. The second-order valence-corrected chi connectivity index (χ2v) is 4.70. The van der Waals surface area contributed by atoms with Crippen molar-refractivity contribution in [1.82, 2.24) is 9.97 Å². The number of aromatic nitrogens is 2. The van der Waals surface area contributed by atoms with Crippen molar-refractivity contribution in [3.05, 3.63) is 17.6 Å². The monoisotopic (exact) mass is 205 g/mol. The summed E-state index contributed by atoms with van der Waals surface area (Å²) in [7, 11) is 0. The zero-order chi connectivity index (χ0) is 10.8. The van der Waals surface area contributed by atoms with E-state index in [2.05, 4.69) is 22.2 Å². The van der Waals surface area contributed by atoms with Crippen molar-refractivity contribution in [1.29, 1.82) is 0 Å². The number of rotatable bonds is 2. The summed E-state index contributed by atoms with van der Waals surface area (Å²) >= 11 is 0. The van der Waals surface area contributed by atoms with Crippen LogP contribution in [-0.4, -0.2) is 16.0 Å². The van der Waals surface area contributed by atoms with Gasteiger partial charge in [-0.25, -0.2) is 9.97 Å². The predicted octanol–water partition coefficient (Wildman–Crippen LogP) is 2.69.